The first-order valence-corrected chi connectivity index (χ1v) is 5.91. The predicted octanol–water partition coefficient (Wildman–Crippen LogP) is 2.89. The van der Waals surface area contributed by atoms with E-state index in [1.54, 1.807) is 6.07 Å². The second-order valence-corrected chi connectivity index (χ2v) is 4.08. The minimum absolute atomic E-state index is 0.246. The summed E-state index contributed by atoms with van der Waals surface area (Å²) >= 11 is 0. The van der Waals surface area contributed by atoms with Crippen molar-refractivity contribution < 1.29 is 13.6 Å². The van der Waals surface area contributed by atoms with Crippen LogP contribution in [0.4, 0.5) is 14.6 Å². The minimum Gasteiger partial charge on any atom is -0.305 e. The molecule has 0 saturated carbocycles. The fourth-order valence-electron chi connectivity index (χ4n) is 1.72. The molecule has 0 atom stereocenters. The van der Waals surface area contributed by atoms with Gasteiger partial charge in [-0.3, -0.25) is 9.89 Å². The fraction of sp³-hybridized carbons (Fsp3) is 0.231. The lowest BCUT2D eigenvalue weighted by atomic mass is 10.2. The Bertz CT molecular complexity index is 575. The van der Waals surface area contributed by atoms with Crippen LogP contribution in [-0.2, 0) is 6.42 Å². The molecule has 2 N–H and O–H groups in total. The first kappa shape index (κ1) is 13.2. The number of carbonyl (C=O) groups is 1. The molecule has 1 amide bonds. The quantitative estimate of drug-likeness (QED) is 0.893. The zero-order chi connectivity index (χ0) is 13.8. The van der Waals surface area contributed by atoms with Crippen LogP contribution in [0.25, 0.3) is 0 Å². The lowest BCUT2D eigenvalue weighted by Gasteiger charge is -2.04. The highest BCUT2D eigenvalue weighted by molar-refractivity contribution is 6.04. The van der Waals surface area contributed by atoms with Crippen molar-refractivity contribution in [2.24, 2.45) is 0 Å². The topological polar surface area (TPSA) is 57.8 Å². The van der Waals surface area contributed by atoms with Crippen molar-refractivity contribution in [2.75, 3.05) is 5.32 Å². The zero-order valence-electron chi connectivity index (χ0n) is 10.3. The van der Waals surface area contributed by atoms with E-state index in [9.17, 15) is 13.6 Å². The number of H-pyrrole nitrogens is 1. The van der Waals surface area contributed by atoms with E-state index in [1.807, 2.05) is 6.92 Å². The van der Waals surface area contributed by atoms with Gasteiger partial charge in [-0.25, -0.2) is 8.78 Å². The van der Waals surface area contributed by atoms with E-state index < -0.39 is 23.1 Å². The summed E-state index contributed by atoms with van der Waals surface area (Å²) in [6, 6.07) is 4.91. The number of nitrogens with zero attached hydrogens (tertiary/aromatic N) is 1. The first-order chi connectivity index (χ1) is 9.11. The van der Waals surface area contributed by atoms with Gasteiger partial charge in [0.1, 0.15) is 17.2 Å². The normalized spacial score (nSPS) is 10.5. The summed E-state index contributed by atoms with van der Waals surface area (Å²) in [5.41, 5.74) is 0.245. The van der Waals surface area contributed by atoms with Crippen molar-refractivity contribution in [3.05, 3.63) is 47.2 Å². The van der Waals surface area contributed by atoms with E-state index in [1.165, 1.54) is 6.07 Å². The number of aromatic amines is 1. The van der Waals surface area contributed by atoms with Gasteiger partial charge in [0.25, 0.3) is 5.91 Å². The number of carbonyl (C=O) groups excluding carboxylic acids is 1. The van der Waals surface area contributed by atoms with Gasteiger partial charge in [-0.15, -0.1) is 0 Å². The molecule has 0 fully saturated rings. The molecule has 0 aliphatic heterocycles. The van der Waals surface area contributed by atoms with E-state index >= 15 is 0 Å². The van der Waals surface area contributed by atoms with Gasteiger partial charge in [-0.2, -0.15) is 5.10 Å². The van der Waals surface area contributed by atoms with Gasteiger partial charge in [0, 0.05) is 11.8 Å². The Morgan fingerprint density at radius 3 is 2.68 bits per heavy atom. The molecule has 100 valence electrons. The van der Waals surface area contributed by atoms with E-state index in [0.29, 0.717) is 0 Å². The van der Waals surface area contributed by atoms with E-state index in [-0.39, 0.29) is 5.82 Å². The number of benzene rings is 1. The number of amides is 1. The summed E-state index contributed by atoms with van der Waals surface area (Å²) in [5.74, 6) is -2.41. The van der Waals surface area contributed by atoms with Crippen LogP contribution in [-0.4, -0.2) is 16.1 Å². The minimum atomic E-state index is -0.901. The van der Waals surface area contributed by atoms with Gasteiger partial charge in [0.15, 0.2) is 5.82 Å². The van der Waals surface area contributed by atoms with Crippen LogP contribution < -0.4 is 5.32 Å². The maximum atomic E-state index is 13.4. The Balaban J connectivity index is 2.16. The number of anilines is 1. The second kappa shape index (κ2) is 5.60. The van der Waals surface area contributed by atoms with Gasteiger partial charge >= 0.3 is 0 Å². The Labute approximate surface area is 108 Å². The molecule has 0 unspecified atom stereocenters. The summed E-state index contributed by atoms with van der Waals surface area (Å²) < 4.78 is 26.8. The molecule has 19 heavy (non-hydrogen) atoms. The van der Waals surface area contributed by atoms with Gasteiger partial charge in [-0.1, -0.05) is 19.4 Å². The van der Waals surface area contributed by atoms with Gasteiger partial charge in [0.2, 0.25) is 0 Å². The summed E-state index contributed by atoms with van der Waals surface area (Å²) in [4.78, 5) is 11.8. The molecule has 0 spiro atoms. The number of nitrogens with one attached hydrogen (secondary N) is 2. The zero-order valence-corrected chi connectivity index (χ0v) is 10.3. The summed E-state index contributed by atoms with van der Waals surface area (Å²) in [7, 11) is 0. The average Bonchev–Trinajstić information content (AvgIpc) is 2.77. The number of halogens is 2. The molecule has 0 aliphatic carbocycles. The Kier molecular flexibility index (Phi) is 3.89. The van der Waals surface area contributed by atoms with Crippen molar-refractivity contribution in [3.8, 4) is 0 Å². The molecular formula is C13H13F2N3O. The Morgan fingerprint density at radius 1 is 1.37 bits per heavy atom. The number of aryl methyl sites for hydroxylation is 1. The first-order valence-electron chi connectivity index (χ1n) is 5.91. The third kappa shape index (κ3) is 2.96. The molecule has 1 heterocycles. The molecule has 1 aromatic heterocycles. The third-order valence-corrected chi connectivity index (χ3v) is 2.58. The van der Waals surface area contributed by atoms with Gasteiger partial charge < -0.3 is 5.32 Å². The highest BCUT2D eigenvalue weighted by Crippen LogP contribution is 2.15. The molecule has 0 radical (unpaired) electrons. The highest BCUT2D eigenvalue weighted by atomic mass is 19.1. The van der Waals surface area contributed by atoms with Crippen LogP contribution in [0.1, 0.15) is 29.4 Å². The number of hydrogen-bond acceptors (Lipinski definition) is 2. The maximum Gasteiger partial charge on any atom is 0.262 e. The maximum absolute atomic E-state index is 13.4. The lowest BCUT2D eigenvalue weighted by Crippen LogP contribution is -2.16. The molecule has 0 saturated heterocycles. The van der Waals surface area contributed by atoms with Crippen LogP contribution in [0, 0.1) is 11.6 Å². The molecule has 2 aromatic rings. The molecular weight excluding hydrogens is 252 g/mol. The Hall–Kier alpha value is -2.24. The standard InChI is InChI=1S/C13H13F2N3O/c1-2-4-8-7-11(18-17-8)16-13(19)12-9(14)5-3-6-10(12)15/h3,5-7H,2,4H2,1H3,(H2,16,17,18,19). The van der Waals surface area contributed by atoms with Crippen LogP contribution in [0.2, 0.25) is 0 Å². The molecule has 2 rings (SSSR count). The van der Waals surface area contributed by atoms with Gasteiger partial charge in [0.05, 0.1) is 0 Å². The largest absolute Gasteiger partial charge is 0.305 e. The summed E-state index contributed by atoms with van der Waals surface area (Å²) in [6.07, 6.45) is 1.72. The predicted molar refractivity (Wildman–Crippen MR) is 66.9 cm³/mol. The second-order valence-electron chi connectivity index (χ2n) is 4.08. The van der Waals surface area contributed by atoms with Crippen LogP contribution >= 0.6 is 0 Å². The smallest absolute Gasteiger partial charge is 0.262 e. The van der Waals surface area contributed by atoms with Crippen molar-refractivity contribution in [3.63, 3.8) is 0 Å². The lowest BCUT2D eigenvalue weighted by molar-refractivity contribution is 0.101. The molecule has 0 aliphatic rings. The van der Waals surface area contributed by atoms with E-state index in [2.05, 4.69) is 15.5 Å². The third-order valence-electron chi connectivity index (χ3n) is 2.58. The van der Waals surface area contributed by atoms with Gasteiger partial charge in [-0.05, 0) is 18.6 Å². The van der Waals surface area contributed by atoms with Crippen LogP contribution in [0.3, 0.4) is 0 Å². The highest BCUT2D eigenvalue weighted by Gasteiger charge is 2.17. The molecule has 6 heteroatoms. The van der Waals surface area contributed by atoms with Crippen molar-refractivity contribution in [1.82, 2.24) is 10.2 Å². The Morgan fingerprint density at radius 2 is 2.05 bits per heavy atom. The van der Waals surface area contributed by atoms with E-state index in [4.69, 9.17) is 0 Å². The number of rotatable bonds is 4. The SMILES string of the molecule is CCCc1cc(NC(=O)c2c(F)cccc2F)n[nH]1. The van der Waals surface area contributed by atoms with Crippen LogP contribution in [0.15, 0.2) is 24.3 Å². The van der Waals surface area contributed by atoms with Crippen molar-refractivity contribution in [2.45, 2.75) is 19.8 Å². The molecule has 4 nitrogen and oxygen atoms in total. The number of aromatic nitrogens is 2. The van der Waals surface area contributed by atoms with Crippen LogP contribution in [0.5, 0.6) is 0 Å². The number of hydrogen-bond donors (Lipinski definition) is 2. The molecule has 1 aromatic carbocycles. The molecule has 0 bridgehead atoms. The summed E-state index contributed by atoms with van der Waals surface area (Å²) in [6.45, 7) is 2.01. The van der Waals surface area contributed by atoms with Crippen molar-refractivity contribution in [1.29, 1.82) is 0 Å². The van der Waals surface area contributed by atoms with Crippen molar-refractivity contribution >= 4 is 11.7 Å². The summed E-state index contributed by atoms with van der Waals surface area (Å²) in [5, 5.41) is 8.96. The monoisotopic (exact) mass is 265 g/mol. The average molecular weight is 265 g/mol. The van der Waals surface area contributed by atoms with E-state index in [0.717, 1.165) is 30.7 Å². The fourth-order valence-corrected chi connectivity index (χ4v) is 1.72.